The average Bonchev–Trinajstić information content (AvgIpc) is 2.35. The van der Waals surface area contributed by atoms with Crippen molar-refractivity contribution >= 4 is 16.8 Å². The Labute approximate surface area is 99.4 Å². The van der Waals surface area contributed by atoms with E-state index in [0.29, 0.717) is 12.2 Å². The fourth-order valence-electron chi connectivity index (χ4n) is 1.67. The highest BCUT2D eigenvalue weighted by atomic mass is 16.5. The summed E-state index contributed by atoms with van der Waals surface area (Å²) >= 11 is 0. The first-order chi connectivity index (χ1) is 8.22. The molecule has 2 N–H and O–H groups in total. The number of carbonyl (C=O) groups is 1. The number of amides is 1. The summed E-state index contributed by atoms with van der Waals surface area (Å²) in [4.78, 5) is 15.4. The van der Waals surface area contributed by atoms with Crippen molar-refractivity contribution in [1.82, 2.24) is 4.98 Å². The van der Waals surface area contributed by atoms with Gasteiger partial charge in [0.2, 0.25) is 0 Å². The van der Waals surface area contributed by atoms with Crippen LogP contribution in [0.15, 0.2) is 36.5 Å². The fourth-order valence-corrected chi connectivity index (χ4v) is 1.67. The van der Waals surface area contributed by atoms with Crippen molar-refractivity contribution in [3.05, 3.63) is 36.5 Å². The minimum atomic E-state index is -0.609. The molecule has 0 saturated heterocycles. The number of benzene rings is 1. The summed E-state index contributed by atoms with van der Waals surface area (Å²) < 4.78 is 5.60. The summed E-state index contributed by atoms with van der Waals surface area (Å²) in [6, 6.07) is 9.41. The van der Waals surface area contributed by atoms with Crippen LogP contribution >= 0.6 is 0 Å². The van der Waals surface area contributed by atoms with E-state index in [1.807, 2.05) is 31.2 Å². The Morgan fingerprint density at radius 3 is 2.88 bits per heavy atom. The predicted octanol–water partition coefficient (Wildman–Crippen LogP) is 1.88. The van der Waals surface area contributed by atoms with Crippen molar-refractivity contribution in [2.24, 2.45) is 5.73 Å². The Hall–Kier alpha value is -2.10. The third-order valence-corrected chi connectivity index (χ3v) is 2.55. The Kier molecular flexibility index (Phi) is 3.23. The maximum atomic E-state index is 11.1. The first-order valence-corrected chi connectivity index (χ1v) is 5.52. The van der Waals surface area contributed by atoms with Crippen molar-refractivity contribution < 1.29 is 9.53 Å². The molecule has 88 valence electrons. The molecule has 4 nitrogen and oxygen atoms in total. The van der Waals surface area contributed by atoms with Gasteiger partial charge < -0.3 is 10.5 Å². The van der Waals surface area contributed by atoms with E-state index in [1.54, 1.807) is 12.3 Å². The molecule has 0 fully saturated rings. The number of para-hydroxylation sites is 1. The Balaban J connectivity index is 2.38. The van der Waals surface area contributed by atoms with E-state index in [4.69, 9.17) is 10.5 Å². The first-order valence-electron chi connectivity index (χ1n) is 5.52. The molecule has 2 rings (SSSR count). The molecule has 0 spiro atoms. The summed E-state index contributed by atoms with van der Waals surface area (Å²) in [6.45, 7) is 1.86. The zero-order valence-electron chi connectivity index (χ0n) is 9.59. The summed E-state index contributed by atoms with van der Waals surface area (Å²) in [5, 5.41) is 0.976. The smallest absolute Gasteiger partial charge is 0.258 e. The van der Waals surface area contributed by atoms with Crippen LogP contribution in [0.5, 0.6) is 5.75 Å². The number of primary amides is 1. The van der Waals surface area contributed by atoms with Crippen LogP contribution in [-0.4, -0.2) is 17.0 Å². The lowest BCUT2D eigenvalue weighted by Crippen LogP contribution is -2.33. The number of nitrogens with zero attached hydrogens (tertiary/aromatic N) is 1. The number of carbonyl (C=O) groups excluding carboxylic acids is 1. The molecule has 1 amide bonds. The number of nitrogens with two attached hydrogens (primary N) is 1. The van der Waals surface area contributed by atoms with Gasteiger partial charge in [0.25, 0.3) is 5.91 Å². The molecule has 0 aliphatic heterocycles. The molecule has 1 unspecified atom stereocenters. The lowest BCUT2D eigenvalue weighted by Gasteiger charge is -2.15. The minimum Gasteiger partial charge on any atom is -0.478 e. The number of aromatic nitrogens is 1. The van der Waals surface area contributed by atoms with Crippen molar-refractivity contribution in [3.8, 4) is 5.75 Å². The van der Waals surface area contributed by atoms with E-state index in [1.165, 1.54) is 0 Å². The van der Waals surface area contributed by atoms with Crippen molar-refractivity contribution in [1.29, 1.82) is 0 Å². The van der Waals surface area contributed by atoms with Gasteiger partial charge in [-0.25, -0.2) is 0 Å². The maximum Gasteiger partial charge on any atom is 0.258 e. The average molecular weight is 230 g/mol. The molecule has 2 aromatic rings. The monoisotopic (exact) mass is 230 g/mol. The van der Waals surface area contributed by atoms with Crippen LogP contribution in [0.3, 0.4) is 0 Å². The van der Waals surface area contributed by atoms with Gasteiger partial charge in [-0.2, -0.15) is 0 Å². The summed E-state index contributed by atoms with van der Waals surface area (Å²) in [5.41, 5.74) is 6.00. The molecule has 17 heavy (non-hydrogen) atoms. The van der Waals surface area contributed by atoms with Crippen LogP contribution in [-0.2, 0) is 4.79 Å². The van der Waals surface area contributed by atoms with Crippen molar-refractivity contribution in [2.75, 3.05) is 0 Å². The van der Waals surface area contributed by atoms with Gasteiger partial charge in [-0.1, -0.05) is 25.1 Å². The molecule has 4 heteroatoms. The number of pyridine rings is 1. The zero-order valence-corrected chi connectivity index (χ0v) is 9.59. The molecule has 0 aliphatic carbocycles. The van der Waals surface area contributed by atoms with Crippen molar-refractivity contribution in [2.45, 2.75) is 19.4 Å². The molecular formula is C13H14N2O2. The minimum absolute atomic E-state index is 0.458. The van der Waals surface area contributed by atoms with Crippen LogP contribution < -0.4 is 10.5 Å². The van der Waals surface area contributed by atoms with Gasteiger partial charge in [-0.15, -0.1) is 0 Å². The maximum absolute atomic E-state index is 11.1. The highest BCUT2D eigenvalue weighted by Gasteiger charge is 2.16. The second-order valence-corrected chi connectivity index (χ2v) is 3.75. The highest BCUT2D eigenvalue weighted by molar-refractivity contribution is 5.85. The number of hydrogen-bond acceptors (Lipinski definition) is 3. The van der Waals surface area contributed by atoms with E-state index in [-0.39, 0.29) is 0 Å². The van der Waals surface area contributed by atoms with Crippen LogP contribution in [0, 0.1) is 0 Å². The van der Waals surface area contributed by atoms with Crippen LogP contribution in [0.25, 0.3) is 10.9 Å². The standard InChI is InChI=1S/C13H14N2O2/c1-2-10(13(14)16)17-11-7-3-5-9-6-4-8-15-12(9)11/h3-8,10H,2H2,1H3,(H2,14,16). The molecule has 0 radical (unpaired) electrons. The fraction of sp³-hybridized carbons (Fsp3) is 0.231. The third kappa shape index (κ3) is 2.36. The number of fused-ring (bicyclic) bond motifs is 1. The molecule has 1 aromatic carbocycles. The highest BCUT2D eigenvalue weighted by Crippen LogP contribution is 2.24. The topological polar surface area (TPSA) is 65.2 Å². The number of ether oxygens (including phenoxy) is 1. The van der Waals surface area contributed by atoms with E-state index < -0.39 is 12.0 Å². The molecule has 0 aliphatic rings. The SMILES string of the molecule is CCC(Oc1cccc2cccnc12)C(N)=O. The first kappa shape index (κ1) is 11.4. The third-order valence-electron chi connectivity index (χ3n) is 2.55. The Bertz CT molecular complexity index is 534. The Morgan fingerprint density at radius 2 is 2.18 bits per heavy atom. The van der Waals surface area contributed by atoms with Crippen LogP contribution in [0.2, 0.25) is 0 Å². The normalized spacial score (nSPS) is 12.3. The van der Waals surface area contributed by atoms with Crippen LogP contribution in [0.1, 0.15) is 13.3 Å². The lowest BCUT2D eigenvalue weighted by atomic mass is 10.2. The second-order valence-electron chi connectivity index (χ2n) is 3.75. The van der Waals surface area contributed by atoms with Gasteiger partial charge in [-0.3, -0.25) is 9.78 Å². The largest absolute Gasteiger partial charge is 0.478 e. The predicted molar refractivity (Wildman–Crippen MR) is 65.6 cm³/mol. The molecule has 0 saturated carbocycles. The number of hydrogen-bond donors (Lipinski definition) is 1. The molecule has 0 bridgehead atoms. The molecule has 1 atom stereocenters. The molecule has 1 aromatic heterocycles. The van der Waals surface area contributed by atoms with Crippen LogP contribution in [0.4, 0.5) is 0 Å². The molecule has 1 heterocycles. The van der Waals surface area contributed by atoms with E-state index in [2.05, 4.69) is 4.98 Å². The van der Waals surface area contributed by atoms with E-state index in [9.17, 15) is 4.79 Å². The van der Waals surface area contributed by atoms with Gasteiger partial charge in [0.05, 0.1) is 0 Å². The number of rotatable bonds is 4. The second kappa shape index (κ2) is 4.82. The van der Waals surface area contributed by atoms with Gasteiger partial charge >= 0.3 is 0 Å². The molecular weight excluding hydrogens is 216 g/mol. The summed E-state index contributed by atoms with van der Waals surface area (Å²) in [7, 11) is 0. The van der Waals surface area contributed by atoms with Gasteiger partial charge in [0.15, 0.2) is 6.10 Å². The van der Waals surface area contributed by atoms with E-state index in [0.717, 1.165) is 10.9 Å². The van der Waals surface area contributed by atoms with Crippen molar-refractivity contribution in [3.63, 3.8) is 0 Å². The summed E-state index contributed by atoms with van der Waals surface area (Å²) in [5.74, 6) is 0.134. The summed E-state index contributed by atoms with van der Waals surface area (Å²) in [6.07, 6.45) is 1.63. The van der Waals surface area contributed by atoms with Gasteiger partial charge in [0, 0.05) is 11.6 Å². The quantitative estimate of drug-likeness (QED) is 0.872. The van der Waals surface area contributed by atoms with Gasteiger partial charge in [-0.05, 0) is 18.6 Å². The lowest BCUT2D eigenvalue weighted by molar-refractivity contribution is -0.124. The van der Waals surface area contributed by atoms with E-state index >= 15 is 0 Å². The van der Waals surface area contributed by atoms with Gasteiger partial charge in [0.1, 0.15) is 11.3 Å². The Morgan fingerprint density at radius 1 is 1.41 bits per heavy atom. The zero-order chi connectivity index (χ0) is 12.3.